The van der Waals surface area contributed by atoms with Gasteiger partial charge in [0.05, 0.1) is 7.11 Å². The molecule has 0 bridgehead atoms. The van der Waals surface area contributed by atoms with E-state index >= 15 is 0 Å². The van der Waals surface area contributed by atoms with Gasteiger partial charge in [-0.25, -0.2) is 4.79 Å². The van der Waals surface area contributed by atoms with Gasteiger partial charge in [0, 0.05) is 12.8 Å². The first kappa shape index (κ1) is 18.3. The number of methoxy groups -OCH3 is 1. The summed E-state index contributed by atoms with van der Waals surface area (Å²) >= 11 is 0. The average molecular weight is 343 g/mol. The van der Waals surface area contributed by atoms with Crippen molar-refractivity contribution < 1.29 is 24.5 Å². The van der Waals surface area contributed by atoms with Gasteiger partial charge in [-0.05, 0) is 41.8 Å². The number of carbonyl (C=O) groups excluding carboxylic acids is 1. The second-order valence-corrected chi connectivity index (χ2v) is 5.68. The Labute approximate surface area is 146 Å². The number of phenolic OH excluding ortho intramolecular Hbond substituents is 1. The summed E-state index contributed by atoms with van der Waals surface area (Å²) in [7, 11) is 1.58. The number of carboxylic acids is 1. The van der Waals surface area contributed by atoms with E-state index in [4.69, 9.17) is 4.74 Å². The van der Waals surface area contributed by atoms with Gasteiger partial charge in [0.15, 0.2) is 0 Å². The summed E-state index contributed by atoms with van der Waals surface area (Å²) in [5.74, 6) is -0.594. The number of phenols is 1. The Bertz CT molecular complexity index is 727. The Morgan fingerprint density at radius 3 is 2.48 bits per heavy atom. The molecule has 0 radical (unpaired) electrons. The third-order valence-corrected chi connectivity index (χ3v) is 3.78. The molecule has 1 atom stereocenters. The van der Waals surface area contributed by atoms with Gasteiger partial charge in [-0.1, -0.05) is 24.3 Å². The van der Waals surface area contributed by atoms with Crippen molar-refractivity contribution in [2.75, 3.05) is 7.11 Å². The van der Waals surface area contributed by atoms with E-state index in [0.29, 0.717) is 12.2 Å². The molecule has 0 heterocycles. The molecule has 6 heteroatoms. The first-order chi connectivity index (χ1) is 12.0. The van der Waals surface area contributed by atoms with Crippen molar-refractivity contribution in [1.29, 1.82) is 0 Å². The molecule has 0 unspecified atom stereocenters. The predicted octanol–water partition coefficient (Wildman–Crippen LogP) is 2.15. The van der Waals surface area contributed by atoms with Gasteiger partial charge in [0.2, 0.25) is 5.91 Å². The maximum absolute atomic E-state index is 12.1. The van der Waals surface area contributed by atoms with Crippen LogP contribution in [0.2, 0.25) is 0 Å². The number of carboxylic acid groups (broad SMARTS) is 1. The lowest BCUT2D eigenvalue weighted by Gasteiger charge is -2.15. The number of nitrogens with one attached hydrogen (secondary N) is 1. The van der Waals surface area contributed by atoms with Crippen molar-refractivity contribution in [3.8, 4) is 11.5 Å². The van der Waals surface area contributed by atoms with Crippen LogP contribution in [0.3, 0.4) is 0 Å². The van der Waals surface area contributed by atoms with Crippen LogP contribution in [0.5, 0.6) is 11.5 Å². The van der Waals surface area contributed by atoms with Crippen LogP contribution < -0.4 is 10.1 Å². The molecule has 0 aliphatic heterocycles. The second-order valence-electron chi connectivity index (χ2n) is 5.68. The highest BCUT2D eigenvalue weighted by atomic mass is 16.5. The van der Waals surface area contributed by atoms with Gasteiger partial charge in [0.1, 0.15) is 17.5 Å². The summed E-state index contributed by atoms with van der Waals surface area (Å²) < 4.78 is 5.14. The number of aryl methyl sites for hydroxylation is 1. The Balaban J connectivity index is 1.91. The van der Waals surface area contributed by atoms with Crippen LogP contribution in [-0.4, -0.2) is 35.2 Å². The second kappa shape index (κ2) is 8.73. The number of ether oxygens (including phenoxy) is 1. The fraction of sp³-hybridized carbons (Fsp3) is 0.263. The van der Waals surface area contributed by atoms with Crippen molar-refractivity contribution in [2.24, 2.45) is 0 Å². The molecule has 25 heavy (non-hydrogen) atoms. The predicted molar refractivity (Wildman–Crippen MR) is 92.7 cm³/mol. The van der Waals surface area contributed by atoms with E-state index in [1.807, 2.05) is 24.3 Å². The summed E-state index contributed by atoms with van der Waals surface area (Å²) in [6.07, 6.45) is 0.835. The molecule has 0 fully saturated rings. The molecule has 0 saturated heterocycles. The minimum absolute atomic E-state index is 0.109. The van der Waals surface area contributed by atoms with Crippen molar-refractivity contribution in [1.82, 2.24) is 5.32 Å². The maximum atomic E-state index is 12.1. The topological polar surface area (TPSA) is 95.9 Å². The monoisotopic (exact) mass is 343 g/mol. The van der Waals surface area contributed by atoms with Gasteiger partial charge in [-0.2, -0.15) is 0 Å². The third kappa shape index (κ3) is 5.84. The molecule has 132 valence electrons. The number of aliphatic carboxylic acids is 1. The van der Waals surface area contributed by atoms with E-state index < -0.39 is 12.0 Å². The van der Waals surface area contributed by atoms with Crippen LogP contribution in [0, 0.1) is 0 Å². The summed E-state index contributed by atoms with van der Waals surface area (Å²) in [4.78, 5) is 23.5. The Morgan fingerprint density at radius 1 is 1.12 bits per heavy atom. The average Bonchev–Trinajstić information content (AvgIpc) is 2.61. The molecule has 2 aromatic rings. The molecule has 1 amide bonds. The first-order valence-electron chi connectivity index (χ1n) is 7.91. The summed E-state index contributed by atoms with van der Waals surface area (Å²) in [6.45, 7) is 0. The molecular weight excluding hydrogens is 322 g/mol. The summed E-state index contributed by atoms with van der Waals surface area (Å²) in [5.41, 5.74) is 1.67. The number of amides is 1. The van der Waals surface area contributed by atoms with Gasteiger partial charge in [0.25, 0.3) is 0 Å². The number of hydrogen-bond acceptors (Lipinski definition) is 4. The maximum Gasteiger partial charge on any atom is 0.326 e. The number of benzene rings is 2. The molecule has 0 spiro atoms. The normalized spacial score (nSPS) is 11.6. The van der Waals surface area contributed by atoms with Crippen LogP contribution in [0.1, 0.15) is 17.5 Å². The summed E-state index contributed by atoms with van der Waals surface area (Å²) in [5, 5.41) is 21.1. The zero-order chi connectivity index (χ0) is 18.2. The van der Waals surface area contributed by atoms with E-state index in [2.05, 4.69) is 5.32 Å². The minimum Gasteiger partial charge on any atom is -0.508 e. The third-order valence-electron chi connectivity index (χ3n) is 3.78. The standard InChI is InChI=1S/C19H21NO5/c1-25-16-4-2-3-13(11-16)7-10-18(22)20-17(19(23)24)12-14-5-8-15(21)9-6-14/h2-6,8-9,11,17,21H,7,10,12H2,1H3,(H,20,22)(H,23,24)/t17-/m1/s1. The van der Waals surface area contributed by atoms with Crippen molar-refractivity contribution >= 4 is 11.9 Å². The van der Waals surface area contributed by atoms with Gasteiger partial charge in [-0.3, -0.25) is 4.79 Å². The SMILES string of the molecule is COc1cccc(CCC(=O)N[C@H](Cc2ccc(O)cc2)C(=O)O)c1. The Hall–Kier alpha value is -3.02. The molecule has 0 aromatic heterocycles. The molecule has 0 saturated carbocycles. The summed E-state index contributed by atoms with van der Waals surface area (Å²) in [6, 6.07) is 12.6. The lowest BCUT2D eigenvalue weighted by Crippen LogP contribution is -2.42. The quantitative estimate of drug-likeness (QED) is 0.682. The van der Waals surface area contributed by atoms with Crippen molar-refractivity contribution in [3.05, 3.63) is 59.7 Å². The highest BCUT2D eigenvalue weighted by Crippen LogP contribution is 2.14. The van der Waals surface area contributed by atoms with Crippen LogP contribution in [0.15, 0.2) is 48.5 Å². The van der Waals surface area contributed by atoms with Crippen molar-refractivity contribution in [2.45, 2.75) is 25.3 Å². The fourth-order valence-corrected chi connectivity index (χ4v) is 2.42. The van der Waals surface area contributed by atoms with E-state index in [1.165, 1.54) is 12.1 Å². The smallest absolute Gasteiger partial charge is 0.326 e. The minimum atomic E-state index is -1.09. The van der Waals surface area contributed by atoms with Crippen LogP contribution >= 0.6 is 0 Å². The number of aromatic hydroxyl groups is 1. The molecule has 6 nitrogen and oxygen atoms in total. The lowest BCUT2D eigenvalue weighted by molar-refractivity contribution is -0.141. The zero-order valence-corrected chi connectivity index (χ0v) is 13.9. The largest absolute Gasteiger partial charge is 0.508 e. The van der Waals surface area contributed by atoms with Crippen LogP contribution in [-0.2, 0) is 22.4 Å². The molecule has 0 aliphatic rings. The van der Waals surface area contributed by atoms with Gasteiger partial charge >= 0.3 is 5.97 Å². The highest BCUT2D eigenvalue weighted by molar-refractivity contribution is 5.83. The molecule has 2 rings (SSSR count). The fourth-order valence-electron chi connectivity index (χ4n) is 2.42. The van der Waals surface area contributed by atoms with E-state index in [1.54, 1.807) is 19.2 Å². The van der Waals surface area contributed by atoms with Crippen LogP contribution in [0.25, 0.3) is 0 Å². The zero-order valence-electron chi connectivity index (χ0n) is 13.9. The Kier molecular flexibility index (Phi) is 6.39. The van der Waals surface area contributed by atoms with E-state index in [0.717, 1.165) is 11.1 Å². The lowest BCUT2D eigenvalue weighted by atomic mass is 10.0. The molecule has 2 aromatic carbocycles. The Morgan fingerprint density at radius 2 is 1.84 bits per heavy atom. The van der Waals surface area contributed by atoms with E-state index in [-0.39, 0.29) is 24.5 Å². The van der Waals surface area contributed by atoms with Gasteiger partial charge in [-0.15, -0.1) is 0 Å². The molecular formula is C19H21NO5. The van der Waals surface area contributed by atoms with Gasteiger partial charge < -0.3 is 20.3 Å². The molecule has 0 aliphatic carbocycles. The first-order valence-corrected chi connectivity index (χ1v) is 7.91. The van der Waals surface area contributed by atoms with Crippen LogP contribution in [0.4, 0.5) is 0 Å². The van der Waals surface area contributed by atoms with E-state index in [9.17, 15) is 19.8 Å². The number of hydrogen-bond donors (Lipinski definition) is 3. The van der Waals surface area contributed by atoms with Crippen molar-refractivity contribution in [3.63, 3.8) is 0 Å². The molecule has 3 N–H and O–H groups in total. The number of carbonyl (C=O) groups is 2. The highest BCUT2D eigenvalue weighted by Gasteiger charge is 2.20. The number of rotatable bonds is 8.